The minimum atomic E-state index is 0.797. The van der Waals surface area contributed by atoms with Gasteiger partial charge in [0, 0.05) is 20.3 Å². The van der Waals surface area contributed by atoms with Gasteiger partial charge in [-0.15, -0.1) is 0 Å². The Bertz CT molecular complexity index is 117. The van der Waals surface area contributed by atoms with Gasteiger partial charge in [-0.25, -0.2) is 0 Å². The van der Waals surface area contributed by atoms with E-state index in [0.29, 0.717) is 0 Å². The van der Waals surface area contributed by atoms with Crippen LogP contribution in [0.25, 0.3) is 0 Å². The summed E-state index contributed by atoms with van der Waals surface area (Å²) in [5.41, 5.74) is 0. The van der Waals surface area contributed by atoms with E-state index in [9.17, 15) is 0 Å². The van der Waals surface area contributed by atoms with Gasteiger partial charge in [0.25, 0.3) is 0 Å². The lowest BCUT2D eigenvalue weighted by molar-refractivity contribution is 0.543. The first-order chi connectivity index (χ1) is 4.22. The van der Waals surface area contributed by atoms with Gasteiger partial charge in [-0.3, -0.25) is 10.0 Å². The van der Waals surface area contributed by atoms with Crippen LogP contribution >= 0.6 is 0 Å². The number of hydrogen-bond donors (Lipinski definition) is 0. The van der Waals surface area contributed by atoms with Crippen LogP contribution in [0.2, 0.25) is 0 Å². The Hall–Kier alpha value is -0.860. The molecule has 9 heavy (non-hydrogen) atoms. The second-order valence-corrected chi connectivity index (χ2v) is 1.69. The average molecular weight is 127 g/mol. The lowest BCUT2D eigenvalue weighted by atomic mass is 10.6. The van der Waals surface area contributed by atoms with Crippen LogP contribution in [0.1, 0.15) is 13.8 Å². The predicted octanol–water partition coefficient (Wildman–Crippen LogP) is 0.972. The molecule has 0 radical (unpaired) electrons. The molecule has 0 aromatic rings. The first kappa shape index (κ1) is 8.14. The van der Waals surface area contributed by atoms with Gasteiger partial charge < -0.3 is 0 Å². The summed E-state index contributed by atoms with van der Waals surface area (Å²) in [6, 6.07) is 0. The van der Waals surface area contributed by atoms with Crippen molar-refractivity contribution in [2.45, 2.75) is 13.8 Å². The van der Waals surface area contributed by atoms with Crippen LogP contribution < -0.4 is 0 Å². The number of amidine groups is 1. The van der Waals surface area contributed by atoms with Gasteiger partial charge in [0.15, 0.2) is 0 Å². The van der Waals surface area contributed by atoms with Crippen molar-refractivity contribution in [2.75, 3.05) is 13.6 Å². The Morgan fingerprint density at radius 2 is 2.22 bits per heavy atom. The zero-order chi connectivity index (χ0) is 7.28. The van der Waals surface area contributed by atoms with E-state index < -0.39 is 0 Å². The molecular weight excluding hydrogens is 114 g/mol. The van der Waals surface area contributed by atoms with Crippen molar-refractivity contribution in [2.24, 2.45) is 10.1 Å². The second kappa shape index (κ2) is 4.06. The lowest BCUT2D eigenvalue weighted by Gasteiger charge is -2.09. The SMILES string of the molecule is C=NN(C)/C(C)=N\CC. The highest BCUT2D eigenvalue weighted by Gasteiger charge is 1.91. The predicted molar refractivity (Wildman–Crippen MR) is 41.0 cm³/mol. The van der Waals surface area contributed by atoms with Crippen molar-refractivity contribution in [1.82, 2.24) is 5.01 Å². The van der Waals surface area contributed by atoms with E-state index in [1.165, 1.54) is 0 Å². The molecule has 0 bridgehead atoms. The van der Waals surface area contributed by atoms with Crippen molar-refractivity contribution in [1.29, 1.82) is 0 Å². The fraction of sp³-hybridized carbons (Fsp3) is 0.667. The molecule has 0 unspecified atom stereocenters. The quantitative estimate of drug-likeness (QED) is 0.308. The maximum Gasteiger partial charge on any atom is 0.116 e. The van der Waals surface area contributed by atoms with E-state index in [2.05, 4.69) is 16.8 Å². The van der Waals surface area contributed by atoms with Gasteiger partial charge in [0.05, 0.1) is 0 Å². The van der Waals surface area contributed by atoms with E-state index in [-0.39, 0.29) is 0 Å². The van der Waals surface area contributed by atoms with Crippen molar-refractivity contribution in [3.8, 4) is 0 Å². The van der Waals surface area contributed by atoms with Gasteiger partial charge in [-0.05, 0) is 13.8 Å². The Balaban J connectivity index is 3.84. The summed E-state index contributed by atoms with van der Waals surface area (Å²) in [5, 5.41) is 5.30. The van der Waals surface area contributed by atoms with E-state index in [1.807, 2.05) is 20.9 Å². The summed E-state index contributed by atoms with van der Waals surface area (Å²) in [6.45, 7) is 8.04. The number of hydrogen-bond acceptors (Lipinski definition) is 2. The monoisotopic (exact) mass is 127 g/mol. The minimum Gasteiger partial charge on any atom is -0.271 e. The third-order valence-electron chi connectivity index (χ3n) is 1.07. The summed E-state index contributed by atoms with van der Waals surface area (Å²) in [6.07, 6.45) is 0. The molecule has 0 amide bonds. The van der Waals surface area contributed by atoms with Gasteiger partial charge >= 0.3 is 0 Å². The molecule has 0 spiro atoms. The molecule has 0 saturated heterocycles. The van der Waals surface area contributed by atoms with Gasteiger partial charge in [0.2, 0.25) is 0 Å². The van der Waals surface area contributed by atoms with E-state index in [4.69, 9.17) is 0 Å². The lowest BCUT2D eigenvalue weighted by Crippen LogP contribution is -2.17. The van der Waals surface area contributed by atoms with Crippen molar-refractivity contribution in [3.63, 3.8) is 0 Å². The van der Waals surface area contributed by atoms with Gasteiger partial charge in [-0.2, -0.15) is 5.10 Å². The highest BCUT2D eigenvalue weighted by molar-refractivity contribution is 5.79. The van der Waals surface area contributed by atoms with Crippen molar-refractivity contribution < 1.29 is 0 Å². The molecule has 3 heteroatoms. The average Bonchev–Trinajstić information content (AvgIpc) is 1.87. The van der Waals surface area contributed by atoms with E-state index >= 15 is 0 Å². The van der Waals surface area contributed by atoms with Crippen LogP contribution in [-0.4, -0.2) is 31.2 Å². The topological polar surface area (TPSA) is 28.0 Å². The van der Waals surface area contributed by atoms with E-state index in [0.717, 1.165) is 12.4 Å². The molecular formula is C6H13N3. The molecule has 0 fully saturated rings. The molecule has 0 aromatic carbocycles. The largest absolute Gasteiger partial charge is 0.271 e. The summed E-state index contributed by atoms with van der Waals surface area (Å²) in [5.74, 6) is 0.896. The molecule has 0 saturated carbocycles. The zero-order valence-corrected chi connectivity index (χ0v) is 6.26. The standard InChI is InChI=1S/C6H13N3/c1-5-8-6(2)9(4)7-3/h3,5H2,1-2,4H3/b8-6-. The molecule has 0 rings (SSSR count). The van der Waals surface area contributed by atoms with Crippen LogP contribution in [0.5, 0.6) is 0 Å². The van der Waals surface area contributed by atoms with Crippen molar-refractivity contribution >= 4 is 12.6 Å². The second-order valence-electron chi connectivity index (χ2n) is 1.69. The number of aliphatic imine (C=N–C) groups is 1. The Labute approximate surface area is 56.1 Å². The fourth-order valence-electron chi connectivity index (χ4n) is 0.433. The Morgan fingerprint density at radius 1 is 1.67 bits per heavy atom. The molecule has 52 valence electrons. The smallest absolute Gasteiger partial charge is 0.116 e. The number of rotatable bonds is 2. The summed E-state index contributed by atoms with van der Waals surface area (Å²) < 4.78 is 0. The first-order valence-corrected chi connectivity index (χ1v) is 2.93. The molecule has 0 atom stereocenters. The molecule has 0 heterocycles. The molecule has 0 aromatic heterocycles. The Kier molecular flexibility index (Phi) is 3.67. The molecule has 0 N–H and O–H groups in total. The Morgan fingerprint density at radius 3 is 2.56 bits per heavy atom. The van der Waals surface area contributed by atoms with Crippen LogP contribution in [0.4, 0.5) is 0 Å². The van der Waals surface area contributed by atoms with Crippen LogP contribution in [-0.2, 0) is 0 Å². The van der Waals surface area contributed by atoms with Gasteiger partial charge in [0.1, 0.15) is 5.84 Å². The summed E-state index contributed by atoms with van der Waals surface area (Å²) in [7, 11) is 1.82. The molecule has 0 aliphatic rings. The molecule has 0 aliphatic carbocycles. The first-order valence-electron chi connectivity index (χ1n) is 2.93. The highest BCUT2D eigenvalue weighted by atomic mass is 15.4. The van der Waals surface area contributed by atoms with E-state index in [1.54, 1.807) is 5.01 Å². The zero-order valence-electron chi connectivity index (χ0n) is 6.26. The summed E-state index contributed by atoms with van der Waals surface area (Å²) in [4.78, 5) is 4.10. The molecule has 3 nitrogen and oxygen atoms in total. The fourth-order valence-corrected chi connectivity index (χ4v) is 0.433. The van der Waals surface area contributed by atoms with Crippen LogP contribution in [0, 0.1) is 0 Å². The molecule has 0 aliphatic heterocycles. The summed E-state index contributed by atoms with van der Waals surface area (Å²) >= 11 is 0. The van der Waals surface area contributed by atoms with Crippen LogP contribution in [0.3, 0.4) is 0 Å². The minimum absolute atomic E-state index is 0.797. The van der Waals surface area contributed by atoms with Gasteiger partial charge in [-0.1, -0.05) is 0 Å². The number of nitrogens with zero attached hydrogens (tertiary/aromatic N) is 3. The maximum absolute atomic E-state index is 4.10. The third-order valence-corrected chi connectivity index (χ3v) is 1.07. The number of hydrazone groups is 1. The van der Waals surface area contributed by atoms with Crippen LogP contribution in [0.15, 0.2) is 10.1 Å². The highest BCUT2D eigenvalue weighted by Crippen LogP contribution is 1.85. The third kappa shape index (κ3) is 2.85. The maximum atomic E-state index is 4.10. The van der Waals surface area contributed by atoms with Crippen molar-refractivity contribution in [3.05, 3.63) is 0 Å². The normalized spacial score (nSPS) is 11.2.